The third kappa shape index (κ3) is 3.94. The zero-order valence-corrected chi connectivity index (χ0v) is 10.9. The van der Waals surface area contributed by atoms with E-state index in [1.54, 1.807) is 6.92 Å². The second-order valence-electron chi connectivity index (χ2n) is 4.03. The molecule has 1 aromatic heterocycles. The van der Waals surface area contributed by atoms with Crippen molar-refractivity contribution in [3.63, 3.8) is 0 Å². The SMILES string of the molecule is COC(=O)C[C@H](NC(=O)c1ccc(C)[nH]c1=O)C(=O)O. The van der Waals surface area contributed by atoms with Crippen LogP contribution in [-0.2, 0) is 14.3 Å². The van der Waals surface area contributed by atoms with Crippen molar-refractivity contribution in [2.24, 2.45) is 0 Å². The molecule has 108 valence electrons. The fourth-order valence-electron chi connectivity index (χ4n) is 1.44. The molecule has 20 heavy (non-hydrogen) atoms. The van der Waals surface area contributed by atoms with E-state index in [2.05, 4.69) is 15.0 Å². The molecule has 0 unspecified atom stereocenters. The molecule has 0 spiro atoms. The Labute approximate surface area is 113 Å². The van der Waals surface area contributed by atoms with Crippen LogP contribution in [0.15, 0.2) is 16.9 Å². The van der Waals surface area contributed by atoms with Crippen molar-refractivity contribution in [3.05, 3.63) is 33.7 Å². The molecule has 3 N–H and O–H groups in total. The van der Waals surface area contributed by atoms with E-state index < -0.39 is 35.9 Å². The molecular formula is C12H14N2O6. The molecule has 1 atom stereocenters. The summed E-state index contributed by atoms with van der Waals surface area (Å²) in [5.41, 5.74) is -0.299. The first-order chi connectivity index (χ1) is 9.35. The normalized spacial score (nSPS) is 11.5. The number of aromatic amines is 1. The molecule has 0 aliphatic carbocycles. The fourth-order valence-corrected chi connectivity index (χ4v) is 1.44. The van der Waals surface area contributed by atoms with Crippen LogP contribution >= 0.6 is 0 Å². The van der Waals surface area contributed by atoms with Crippen molar-refractivity contribution >= 4 is 17.8 Å². The average Bonchev–Trinajstić information content (AvgIpc) is 2.37. The highest BCUT2D eigenvalue weighted by Crippen LogP contribution is 1.99. The van der Waals surface area contributed by atoms with Gasteiger partial charge >= 0.3 is 11.9 Å². The van der Waals surface area contributed by atoms with Crippen molar-refractivity contribution in [1.29, 1.82) is 0 Å². The lowest BCUT2D eigenvalue weighted by molar-refractivity contribution is -0.147. The molecule has 8 nitrogen and oxygen atoms in total. The number of hydrogen-bond acceptors (Lipinski definition) is 5. The Bertz CT molecular complexity index is 592. The van der Waals surface area contributed by atoms with Gasteiger partial charge in [-0.3, -0.25) is 14.4 Å². The predicted molar refractivity (Wildman–Crippen MR) is 67.3 cm³/mol. The topological polar surface area (TPSA) is 126 Å². The Morgan fingerprint density at radius 2 is 2.05 bits per heavy atom. The summed E-state index contributed by atoms with van der Waals surface area (Å²) in [5.74, 6) is -3.05. The molecular weight excluding hydrogens is 268 g/mol. The summed E-state index contributed by atoms with van der Waals surface area (Å²) < 4.78 is 4.34. The Morgan fingerprint density at radius 1 is 1.40 bits per heavy atom. The highest BCUT2D eigenvalue weighted by Gasteiger charge is 2.25. The van der Waals surface area contributed by atoms with Gasteiger partial charge in [-0.1, -0.05) is 0 Å². The number of carboxylic acids is 1. The van der Waals surface area contributed by atoms with Crippen molar-refractivity contribution in [1.82, 2.24) is 10.3 Å². The Balaban J connectivity index is 2.88. The van der Waals surface area contributed by atoms with Gasteiger partial charge in [-0.15, -0.1) is 0 Å². The van der Waals surface area contributed by atoms with Gasteiger partial charge in [0.2, 0.25) is 0 Å². The van der Waals surface area contributed by atoms with Gasteiger partial charge in [-0.05, 0) is 19.1 Å². The van der Waals surface area contributed by atoms with Crippen molar-refractivity contribution in [2.75, 3.05) is 7.11 Å². The van der Waals surface area contributed by atoms with E-state index in [9.17, 15) is 19.2 Å². The number of aliphatic carboxylic acids is 1. The van der Waals surface area contributed by atoms with Gasteiger partial charge in [-0.2, -0.15) is 0 Å². The van der Waals surface area contributed by atoms with Gasteiger partial charge in [0.25, 0.3) is 11.5 Å². The number of rotatable bonds is 5. The predicted octanol–water partition coefficient (Wildman–Crippen LogP) is -0.571. The molecule has 0 aromatic carbocycles. The summed E-state index contributed by atoms with van der Waals surface area (Å²) in [6.07, 6.45) is -0.526. The summed E-state index contributed by atoms with van der Waals surface area (Å²) in [5, 5.41) is 11.0. The first-order valence-corrected chi connectivity index (χ1v) is 5.65. The average molecular weight is 282 g/mol. The molecule has 0 fully saturated rings. The third-order valence-electron chi connectivity index (χ3n) is 2.50. The minimum Gasteiger partial charge on any atom is -0.480 e. The van der Waals surface area contributed by atoms with Crippen LogP contribution in [0, 0.1) is 6.92 Å². The number of pyridine rings is 1. The molecule has 1 heterocycles. The number of ether oxygens (including phenoxy) is 1. The molecule has 0 aliphatic rings. The Hall–Kier alpha value is -2.64. The van der Waals surface area contributed by atoms with E-state index in [1.165, 1.54) is 12.1 Å². The number of nitrogens with one attached hydrogen (secondary N) is 2. The van der Waals surface area contributed by atoms with E-state index >= 15 is 0 Å². The monoisotopic (exact) mass is 282 g/mol. The summed E-state index contributed by atoms with van der Waals surface area (Å²) in [6.45, 7) is 1.64. The number of H-pyrrole nitrogens is 1. The molecule has 8 heteroatoms. The lowest BCUT2D eigenvalue weighted by Crippen LogP contribution is -2.43. The molecule has 0 saturated heterocycles. The summed E-state index contributed by atoms with van der Waals surface area (Å²) in [7, 11) is 1.10. The van der Waals surface area contributed by atoms with E-state index in [1.807, 2.05) is 0 Å². The highest BCUT2D eigenvalue weighted by molar-refractivity contribution is 5.97. The Morgan fingerprint density at radius 3 is 2.55 bits per heavy atom. The van der Waals surface area contributed by atoms with E-state index in [0.29, 0.717) is 5.69 Å². The van der Waals surface area contributed by atoms with Crippen LogP contribution in [0.25, 0.3) is 0 Å². The lowest BCUT2D eigenvalue weighted by Gasteiger charge is -2.13. The Kier molecular flexibility index (Phi) is 5.01. The molecule has 0 bridgehead atoms. The minimum absolute atomic E-state index is 0.230. The maximum atomic E-state index is 11.8. The van der Waals surface area contributed by atoms with Gasteiger partial charge in [-0.25, -0.2) is 4.79 Å². The smallest absolute Gasteiger partial charge is 0.326 e. The number of amides is 1. The molecule has 0 saturated carbocycles. The number of esters is 1. The van der Waals surface area contributed by atoms with Crippen LogP contribution in [0.1, 0.15) is 22.5 Å². The number of aromatic nitrogens is 1. The van der Waals surface area contributed by atoms with Crippen molar-refractivity contribution in [3.8, 4) is 0 Å². The summed E-state index contributed by atoms with van der Waals surface area (Å²) >= 11 is 0. The largest absolute Gasteiger partial charge is 0.480 e. The zero-order chi connectivity index (χ0) is 15.3. The standard InChI is InChI=1S/C12H14N2O6/c1-6-3-4-7(10(16)13-6)11(17)14-8(12(18)19)5-9(15)20-2/h3-4,8H,5H2,1-2H3,(H,13,16)(H,14,17)(H,18,19)/t8-/m0/s1. The maximum Gasteiger partial charge on any atom is 0.326 e. The van der Waals surface area contributed by atoms with Gasteiger partial charge in [0, 0.05) is 5.69 Å². The first-order valence-electron chi connectivity index (χ1n) is 5.65. The molecule has 0 aliphatic heterocycles. The molecule has 1 rings (SSSR count). The summed E-state index contributed by atoms with van der Waals surface area (Å²) in [4.78, 5) is 47.8. The van der Waals surface area contributed by atoms with Crippen LogP contribution in [0.2, 0.25) is 0 Å². The number of carboxylic acid groups (broad SMARTS) is 1. The van der Waals surface area contributed by atoms with Gasteiger partial charge < -0.3 is 20.1 Å². The number of carbonyl (C=O) groups excluding carboxylic acids is 2. The van der Waals surface area contributed by atoms with Gasteiger partial charge in [0.05, 0.1) is 13.5 Å². The van der Waals surface area contributed by atoms with E-state index in [-0.39, 0.29) is 5.56 Å². The van der Waals surface area contributed by atoms with Gasteiger partial charge in [0.15, 0.2) is 0 Å². The minimum atomic E-state index is -1.46. The quantitative estimate of drug-likeness (QED) is 0.621. The lowest BCUT2D eigenvalue weighted by atomic mass is 10.1. The summed E-state index contributed by atoms with van der Waals surface area (Å²) in [6, 6.07) is 1.32. The van der Waals surface area contributed by atoms with Crippen LogP contribution in [0.3, 0.4) is 0 Å². The second kappa shape index (κ2) is 6.50. The van der Waals surface area contributed by atoms with E-state index in [4.69, 9.17) is 5.11 Å². The third-order valence-corrected chi connectivity index (χ3v) is 2.50. The maximum absolute atomic E-state index is 11.8. The van der Waals surface area contributed by atoms with Crippen LogP contribution in [-0.4, -0.2) is 41.1 Å². The molecule has 1 aromatic rings. The van der Waals surface area contributed by atoms with Crippen molar-refractivity contribution < 1.29 is 24.2 Å². The second-order valence-corrected chi connectivity index (χ2v) is 4.03. The zero-order valence-electron chi connectivity index (χ0n) is 10.9. The molecule has 0 radical (unpaired) electrons. The van der Waals surface area contributed by atoms with Crippen molar-refractivity contribution in [2.45, 2.75) is 19.4 Å². The van der Waals surface area contributed by atoms with Crippen LogP contribution < -0.4 is 10.9 Å². The van der Waals surface area contributed by atoms with Crippen LogP contribution in [0.4, 0.5) is 0 Å². The van der Waals surface area contributed by atoms with Gasteiger partial charge in [0.1, 0.15) is 11.6 Å². The highest BCUT2D eigenvalue weighted by atomic mass is 16.5. The molecule has 1 amide bonds. The first kappa shape index (κ1) is 15.4. The number of hydrogen-bond donors (Lipinski definition) is 3. The number of methoxy groups -OCH3 is 1. The number of carbonyl (C=O) groups is 3. The van der Waals surface area contributed by atoms with Crippen LogP contribution in [0.5, 0.6) is 0 Å². The number of aryl methyl sites for hydroxylation is 1. The van der Waals surface area contributed by atoms with E-state index in [0.717, 1.165) is 7.11 Å². The fraction of sp³-hybridized carbons (Fsp3) is 0.333.